The molecule has 2 rings (SSSR count). The predicted octanol–water partition coefficient (Wildman–Crippen LogP) is 2.33. The minimum absolute atomic E-state index is 0.116. The van der Waals surface area contributed by atoms with E-state index in [0.29, 0.717) is 12.0 Å². The van der Waals surface area contributed by atoms with Crippen molar-refractivity contribution in [3.05, 3.63) is 65.5 Å². The van der Waals surface area contributed by atoms with Crippen LogP contribution in [-0.4, -0.2) is 32.7 Å². The van der Waals surface area contributed by atoms with Crippen molar-refractivity contribution in [3.63, 3.8) is 0 Å². The van der Waals surface area contributed by atoms with Crippen molar-refractivity contribution >= 4 is 15.9 Å². The van der Waals surface area contributed by atoms with Gasteiger partial charge in [-0.2, -0.15) is 0 Å². The predicted molar refractivity (Wildman–Crippen MR) is 93.9 cm³/mol. The molecule has 0 aliphatic rings. The summed E-state index contributed by atoms with van der Waals surface area (Å²) in [5.41, 5.74) is 1.26. The fourth-order valence-electron chi connectivity index (χ4n) is 2.33. The van der Waals surface area contributed by atoms with Crippen LogP contribution in [0.4, 0.5) is 4.39 Å². The Labute approximate surface area is 147 Å². The summed E-state index contributed by atoms with van der Waals surface area (Å²) in [5, 5.41) is 2.72. The van der Waals surface area contributed by atoms with Crippen LogP contribution >= 0.6 is 0 Å². The number of benzene rings is 2. The third-order valence-electron chi connectivity index (χ3n) is 3.74. The number of sulfonamides is 1. The first-order valence-electron chi connectivity index (χ1n) is 7.82. The molecule has 0 fully saturated rings. The number of halogens is 1. The van der Waals surface area contributed by atoms with E-state index in [9.17, 15) is 17.6 Å². The standard InChI is InChI=1S/C18H21FN2O3S/c1-21(2)25(23,24)17-9-4-3-7-15(17)13-20-18(22)11-10-14-6-5-8-16(19)12-14/h3-9,12H,10-11,13H2,1-2H3,(H,20,22). The number of nitrogens with zero attached hydrogens (tertiary/aromatic N) is 1. The summed E-state index contributed by atoms with van der Waals surface area (Å²) in [7, 11) is -0.651. The first-order valence-corrected chi connectivity index (χ1v) is 9.26. The van der Waals surface area contributed by atoms with E-state index in [0.717, 1.165) is 9.87 Å². The molecule has 0 spiro atoms. The first-order chi connectivity index (χ1) is 11.8. The van der Waals surface area contributed by atoms with Crippen molar-refractivity contribution < 1.29 is 17.6 Å². The fourth-order valence-corrected chi connectivity index (χ4v) is 3.45. The highest BCUT2D eigenvalue weighted by Crippen LogP contribution is 2.18. The van der Waals surface area contributed by atoms with Gasteiger partial charge in [0.05, 0.1) is 4.90 Å². The van der Waals surface area contributed by atoms with E-state index < -0.39 is 10.0 Å². The van der Waals surface area contributed by atoms with Gasteiger partial charge in [-0.1, -0.05) is 30.3 Å². The van der Waals surface area contributed by atoms with Crippen molar-refractivity contribution in [2.45, 2.75) is 24.3 Å². The highest BCUT2D eigenvalue weighted by molar-refractivity contribution is 7.89. The smallest absolute Gasteiger partial charge is 0.242 e. The Kier molecular flexibility index (Phi) is 6.27. The lowest BCUT2D eigenvalue weighted by Crippen LogP contribution is -2.27. The lowest BCUT2D eigenvalue weighted by atomic mass is 10.1. The fraction of sp³-hybridized carbons (Fsp3) is 0.278. The van der Waals surface area contributed by atoms with Crippen LogP contribution in [0.15, 0.2) is 53.4 Å². The monoisotopic (exact) mass is 364 g/mol. The second-order valence-corrected chi connectivity index (χ2v) is 7.92. The summed E-state index contributed by atoms with van der Waals surface area (Å²) < 4.78 is 38.9. The number of amides is 1. The van der Waals surface area contributed by atoms with E-state index in [1.807, 2.05) is 0 Å². The number of nitrogens with one attached hydrogen (secondary N) is 1. The molecule has 0 heterocycles. The zero-order chi connectivity index (χ0) is 18.4. The molecule has 0 aliphatic carbocycles. The average Bonchev–Trinajstić information content (AvgIpc) is 2.58. The van der Waals surface area contributed by atoms with E-state index in [1.54, 1.807) is 30.3 Å². The molecule has 0 aliphatic heterocycles. The minimum Gasteiger partial charge on any atom is -0.352 e. The summed E-state index contributed by atoms with van der Waals surface area (Å²) >= 11 is 0. The van der Waals surface area contributed by atoms with Crippen LogP contribution in [0.1, 0.15) is 17.5 Å². The second kappa shape index (κ2) is 8.22. The molecule has 1 N–H and O–H groups in total. The van der Waals surface area contributed by atoms with Gasteiger partial charge in [0, 0.05) is 27.1 Å². The summed E-state index contributed by atoms with van der Waals surface area (Å²) in [6.07, 6.45) is 0.618. The highest BCUT2D eigenvalue weighted by Gasteiger charge is 2.20. The summed E-state index contributed by atoms with van der Waals surface area (Å²) in [6.45, 7) is 0.116. The van der Waals surface area contributed by atoms with E-state index in [-0.39, 0.29) is 29.6 Å². The molecule has 2 aromatic carbocycles. The normalized spacial score (nSPS) is 11.5. The molecule has 25 heavy (non-hydrogen) atoms. The van der Waals surface area contributed by atoms with Crippen LogP contribution in [0, 0.1) is 5.82 Å². The van der Waals surface area contributed by atoms with Crippen LogP contribution in [0.3, 0.4) is 0 Å². The van der Waals surface area contributed by atoms with Crippen molar-refractivity contribution in [1.82, 2.24) is 9.62 Å². The Morgan fingerprint density at radius 2 is 1.84 bits per heavy atom. The second-order valence-electron chi connectivity index (χ2n) is 5.80. The molecular formula is C18H21FN2O3S. The van der Waals surface area contributed by atoms with Crippen LogP contribution in [0.2, 0.25) is 0 Å². The maximum atomic E-state index is 13.1. The number of rotatable bonds is 7. The topological polar surface area (TPSA) is 66.5 Å². The molecule has 2 aromatic rings. The molecule has 0 saturated carbocycles. The van der Waals surface area contributed by atoms with Crippen LogP contribution < -0.4 is 5.32 Å². The summed E-state index contributed by atoms with van der Waals surface area (Å²) in [4.78, 5) is 12.2. The van der Waals surface area contributed by atoms with Gasteiger partial charge in [0.15, 0.2) is 0 Å². The maximum Gasteiger partial charge on any atom is 0.242 e. The Balaban J connectivity index is 1.98. The van der Waals surface area contributed by atoms with E-state index >= 15 is 0 Å². The van der Waals surface area contributed by atoms with Gasteiger partial charge in [0.1, 0.15) is 5.82 Å². The van der Waals surface area contributed by atoms with Crippen LogP contribution in [-0.2, 0) is 27.8 Å². The Hall–Kier alpha value is -2.25. The van der Waals surface area contributed by atoms with Gasteiger partial charge in [-0.3, -0.25) is 4.79 Å². The van der Waals surface area contributed by atoms with Gasteiger partial charge in [0.2, 0.25) is 15.9 Å². The third-order valence-corrected chi connectivity index (χ3v) is 5.65. The lowest BCUT2D eigenvalue weighted by molar-refractivity contribution is -0.121. The zero-order valence-electron chi connectivity index (χ0n) is 14.2. The zero-order valence-corrected chi connectivity index (χ0v) is 15.0. The Bertz CT molecular complexity index is 851. The van der Waals surface area contributed by atoms with Crippen molar-refractivity contribution in [3.8, 4) is 0 Å². The molecule has 5 nitrogen and oxygen atoms in total. The molecule has 0 saturated heterocycles. The number of hydrogen-bond acceptors (Lipinski definition) is 3. The molecule has 134 valence electrons. The Morgan fingerprint density at radius 1 is 1.12 bits per heavy atom. The largest absolute Gasteiger partial charge is 0.352 e. The summed E-state index contributed by atoms with van der Waals surface area (Å²) in [6, 6.07) is 12.7. The van der Waals surface area contributed by atoms with Crippen LogP contribution in [0.5, 0.6) is 0 Å². The highest BCUT2D eigenvalue weighted by atomic mass is 32.2. The molecule has 1 amide bonds. The van der Waals surface area contributed by atoms with Gasteiger partial charge in [-0.25, -0.2) is 17.1 Å². The van der Waals surface area contributed by atoms with Crippen molar-refractivity contribution in [2.24, 2.45) is 0 Å². The molecular weight excluding hydrogens is 343 g/mol. The van der Waals surface area contributed by atoms with E-state index in [4.69, 9.17) is 0 Å². The lowest BCUT2D eigenvalue weighted by Gasteiger charge is -2.15. The first kappa shape index (κ1) is 19.1. The van der Waals surface area contributed by atoms with E-state index in [1.165, 1.54) is 32.3 Å². The number of aryl methyl sites for hydroxylation is 1. The van der Waals surface area contributed by atoms with Crippen molar-refractivity contribution in [1.29, 1.82) is 0 Å². The van der Waals surface area contributed by atoms with E-state index in [2.05, 4.69) is 5.32 Å². The maximum absolute atomic E-state index is 13.1. The molecule has 0 aromatic heterocycles. The third kappa shape index (κ3) is 5.11. The number of carbonyl (C=O) groups is 1. The molecule has 0 radical (unpaired) electrons. The number of hydrogen-bond donors (Lipinski definition) is 1. The average molecular weight is 364 g/mol. The molecule has 0 atom stereocenters. The molecule has 0 bridgehead atoms. The van der Waals surface area contributed by atoms with Gasteiger partial charge >= 0.3 is 0 Å². The quantitative estimate of drug-likeness (QED) is 0.820. The number of carbonyl (C=O) groups excluding carboxylic acids is 1. The molecule has 0 unspecified atom stereocenters. The van der Waals surface area contributed by atoms with Gasteiger partial charge < -0.3 is 5.32 Å². The minimum atomic E-state index is -3.58. The van der Waals surface area contributed by atoms with Gasteiger partial charge in [0.25, 0.3) is 0 Å². The molecule has 7 heteroatoms. The van der Waals surface area contributed by atoms with Gasteiger partial charge in [-0.05, 0) is 35.7 Å². The van der Waals surface area contributed by atoms with Crippen LogP contribution in [0.25, 0.3) is 0 Å². The summed E-state index contributed by atoms with van der Waals surface area (Å²) in [5.74, 6) is -0.554. The van der Waals surface area contributed by atoms with Gasteiger partial charge in [-0.15, -0.1) is 0 Å². The SMILES string of the molecule is CN(C)S(=O)(=O)c1ccccc1CNC(=O)CCc1cccc(F)c1. The van der Waals surface area contributed by atoms with Crippen molar-refractivity contribution in [2.75, 3.05) is 14.1 Å². The Morgan fingerprint density at radius 3 is 2.52 bits per heavy atom.